The number of hydrogen-bond acceptors (Lipinski definition) is 2. The average Bonchev–Trinajstić information content (AvgIpc) is 2.19. The van der Waals surface area contributed by atoms with Crippen molar-refractivity contribution in [1.29, 1.82) is 0 Å². The number of rotatable bonds is 4. The Morgan fingerprint density at radius 1 is 1.38 bits per heavy atom. The van der Waals surface area contributed by atoms with Gasteiger partial charge < -0.3 is 10.5 Å². The van der Waals surface area contributed by atoms with Crippen molar-refractivity contribution in [3.05, 3.63) is 29.6 Å². The minimum absolute atomic E-state index is 0. The molecule has 0 radical (unpaired) electrons. The molecule has 2 nitrogen and oxygen atoms in total. The molecule has 0 bridgehead atoms. The molecule has 1 aromatic carbocycles. The molecule has 0 amide bonds. The highest BCUT2D eigenvalue weighted by Gasteiger charge is 2.15. The van der Waals surface area contributed by atoms with Crippen molar-refractivity contribution in [2.75, 3.05) is 0 Å². The van der Waals surface area contributed by atoms with Gasteiger partial charge in [0.15, 0.2) is 11.6 Å². The lowest BCUT2D eigenvalue weighted by molar-refractivity contribution is 0.227. The Bertz CT molecular complexity index is 331. The van der Waals surface area contributed by atoms with Gasteiger partial charge in [-0.3, -0.25) is 0 Å². The van der Waals surface area contributed by atoms with Gasteiger partial charge in [-0.2, -0.15) is 0 Å². The number of para-hydroxylation sites is 1. The molecule has 1 unspecified atom stereocenters. The summed E-state index contributed by atoms with van der Waals surface area (Å²) in [6.45, 7) is 5.70. The number of ether oxygens (including phenoxy) is 1. The zero-order valence-electron chi connectivity index (χ0n) is 9.87. The Balaban J connectivity index is 0.00000225. The predicted octanol–water partition coefficient (Wildman–Crippen LogP) is 3.44. The first-order valence-corrected chi connectivity index (χ1v) is 5.26. The summed E-state index contributed by atoms with van der Waals surface area (Å²) in [4.78, 5) is 0. The molecule has 0 saturated carbocycles. The van der Waals surface area contributed by atoms with E-state index in [9.17, 15) is 4.39 Å². The summed E-state index contributed by atoms with van der Waals surface area (Å²) >= 11 is 0. The van der Waals surface area contributed by atoms with Crippen LogP contribution in [0, 0.1) is 5.82 Å². The van der Waals surface area contributed by atoms with Gasteiger partial charge in [0.05, 0.1) is 6.10 Å². The second-order valence-electron chi connectivity index (χ2n) is 3.84. The smallest absolute Gasteiger partial charge is 0.165 e. The van der Waals surface area contributed by atoms with Gasteiger partial charge in [-0.05, 0) is 26.3 Å². The molecular weight excluding hydrogens is 229 g/mol. The van der Waals surface area contributed by atoms with E-state index in [1.165, 1.54) is 6.07 Å². The van der Waals surface area contributed by atoms with Crippen LogP contribution in [0.4, 0.5) is 4.39 Å². The van der Waals surface area contributed by atoms with E-state index in [-0.39, 0.29) is 30.4 Å². The first-order valence-electron chi connectivity index (χ1n) is 5.26. The minimum atomic E-state index is -0.342. The van der Waals surface area contributed by atoms with Gasteiger partial charge in [0.25, 0.3) is 0 Å². The lowest BCUT2D eigenvalue weighted by Crippen LogP contribution is -2.14. The fraction of sp³-hybridized carbons (Fsp3) is 0.500. The zero-order valence-corrected chi connectivity index (χ0v) is 10.7. The van der Waals surface area contributed by atoms with Crippen molar-refractivity contribution >= 4 is 12.4 Å². The van der Waals surface area contributed by atoms with Crippen molar-refractivity contribution < 1.29 is 9.13 Å². The molecule has 92 valence electrons. The highest BCUT2D eigenvalue weighted by Crippen LogP contribution is 2.29. The molecule has 0 aromatic heterocycles. The third-order valence-corrected chi connectivity index (χ3v) is 2.19. The Hall–Kier alpha value is -0.800. The molecule has 1 atom stereocenters. The van der Waals surface area contributed by atoms with Gasteiger partial charge in [0.2, 0.25) is 0 Å². The van der Waals surface area contributed by atoms with Crippen molar-refractivity contribution in [3.63, 3.8) is 0 Å². The molecule has 0 aliphatic carbocycles. The van der Waals surface area contributed by atoms with Gasteiger partial charge in [-0.1, -0.05) is 19.1 Å². The van der Waals surface area contributed by atoms with Gasteiger partial charge in [-0.15, -0.1) is 12.4 Å². The normalized spacial score (nSPS) is 12.1. The van der Waals surface area contributed by atoms with Crippen molar-refractivity contribution in [2.45, 2.75) is 39.3 Å². The third kappa shape index (κ3) is 3.65. The lowest BCUT2D eigenvalue weighted by Gasteiger charge is -2.18. The molecule has 16 heavy (non-hydrogen) atoms. The standard InChI is InChI=1S/C12H18FNO.ClH/c1-4-11(14)9-6-5-7-10(13)12(9)15-8(2)3;/h5-8,11H,4,14H2,1-3H3;1H. The van der Waals surface area contributed by atoms with E-state index in [0.717, 1.165) is 12.0 Å². The Morgan fingerprint density at radius 3 is 2.50 bits per heavy atom. The van der Waals surface area contributed by atoms with Gasteiger partial charge >= 0.3 is 0 Å². The summed E-state index contributed by atoms with van der Waals surface area (Å²) in [6.07, 6.45) is 0.711. The maximum absolute atomic E-state index is 13.5. The zero-order chi connectivity index (χ0) is 11.4. The van der Waals surface area contributed by atoms with Gasteiger partial charge in [0, 0.05) is 11.6 Å². The average molecular weight is 248 g/mol. The number of nitrogens with two attached hydrogens (primary N) is 1. The Morgan fingerprint density at radius 2 is 2.00 bits per heavy atom. The highest BCUT2D eigenvalue weighted by atomic mass is 35.5. The summed E-state index contributed by atoms with van der Waals surface area (Å²) in [5.41, 5.74) is 6.63. The fourth-order valence-electron chi connectivity index (χ4n) is 1.40. The van der Waals surface area contributed by atoms with Crippen molar-refractivity contribution in [2.24, 2.45) is 5.73 Å². The van der Waals surface area contributed by atoms with Crippen LogP contribution < -0.4 is 10.5 Å². The van der Waals surface area contributed by atoms with E-state index in [1.54, 1.807) is 6.07 Å². The molecular formula is C12H19ClFNO. The predicted molar refractivity (Wildman–Crippen MR) is 66.6 cm³/mol. The summed E-state index contributed by atoms with van der Waals surface area (Å²) in [5, 5.41) is 0. The quantitative estimate of drug-likeness (QED) is 0.885. The van der Waals surface area contributed by atoms with Crippen LogP contribution in [0.25, 0.3) is 0 Å². The van der Waals surface area contributed by atoms with E-state index in [0.29, 0.717) is 5.75 Å². The van der Waals surface area contributed by atoms with Crippen LogP contribution in [-0.4, -0.2) is 6.10 Å². The number of halogens is 2. The fourth-order valence-corrected chi connectivity index (χ4v) is 1.40. The van der Waals surface area contributed by atoms with Crippen molar-refractivity contribution in [1.82, 2.24) is 0 Å². The SMILES string of the molecule is CCC(N)c1cccc(F)c1OC(C)C.Cl. The van der Waals surface area contributed by atoms with Gasteiger partial charge in [0.1, 0.15) is 0 Å². The van der Waals surface area contributed by atoms with E-state index in [1.807, 2.05) is 26.8 Å². The molecule has 0 aliphatic heterocycles. The maximum Gasteiger partial charge on any atom is 0.165 e. The van der Waals surface area contributed by atoms with Crippen LogP contribution in [0.2, 0.25) is 0 Å². The number of hydrogen-bond donors (Lipinski definition) is 1. The first kappa shape index (κ1) is 15.2. The molecule has 1 rings (SSSR count). The topological polar surface area (TPSA) is 35.2 Å². The molecule has 0 saturated heterocycles. The van der Waals surface area contributed by atoms with E-state index < -0.39 is 0 Å². The van der Waals surface area contributed by atoms with Crippen LogP contribution in [0.1, 0.15) is 38.8 Å². The molecule has 2 N–H and O–H groups in total. The van der Waals surface area contributed by atoms with Crippen LogP contribution in [0.5, 0.6) is 5.75 Å². The highest BCUT2D eigenvalue weighted by molar-refractivity contribution is 5.85. The first-order chi connectivity index (χ1) is 7.06. The van der Waals surface area contributed by atoms with Crippen LogP contribution in [0.3, 0.4) is 0 Å². The molecule has 4 heteroatoms. The van der Waals surface area contributed by atoms with Crippen LogP contribution >= 0.6 is 12.4 Å². The number of benzene rings is 1. The van der Waals surface area contributed by atoms with E-state index in [2.05, 4.69) is 0 Å². The monoisotopic (exact) mass is 247 g/mol. The van der Waals surface area contributed by atoms with Crippen LogP contribution in [-0.2, 0) is 0 Å². The van der Waals surface area contributed by atoms with Crippen LogP contribution in [0.15, 0.2) is 18.2 Å². The largest absolute Gasteiger partial charge is 0.488 e. The summed E-state index contributed by atoms with van der Waals surface area (Å²) in [6, 6.07) is 4.70. The molecule has 0 heterocycles. The van der Waals surface area contributed by atoms with E-state index >= 15 is 0 Å². The summed E-state index contributed by atoms with van der Waals surface area (Å²) in [7, 11) is 0. The Kier molecular flexibility index (Phi) is 6.38. The summed E-state index contributed by atoms with van der Waals surface area (Å²) < 4.78 is 19.0. The lowest BCUT2D eigenvalue weighted by atomic mass is 10.0. The Labute approximate surface area is 102 Å². The minimum Gasteiger partial charge on any atom is -0.488 e. The van der Waals surface area contributed by atoms with E-state index in [4.69, 9.17) is 10.5 Å². The molecule has 0 aliphatic rings. The second kappa shape index (κ2) is 6.71. The maximum atomic E-state index is 13.5. The summed E-state index contributed by atoms with van der Waals surface area (Å²) in [5.74, 6) is -0.0491. The third-order valence-electron chi connectivity index (χ3n) is 2.19. The second-order valence-corrected chi connectivity index (χ2v) is 3.84. The molecule has 0 spiro atoms. The molecule has 0 fully saturated rings. The molecule has 1 aromatic rings. The van der Waals surface area contributed by atoms with Crippen molar-refractivity contribution in [3.8, 4) is 5.75 Å². The van der Waals surface area contributed by atoms with Gasteiger partial charge in [-0.25, -0.2) is 4.39 Å².